The van der Waals surface area contributed by atoms with Crippen LogP contribution >= 0.6 is 0 Å². The lowest BCUT2D eigenvalue weighted by atomic mass is 10.2. The molecule has 0 saturated carbocycles. The third-order valence-corrected chi connectivity index (χ3v) is 2.49. The van der Waals surface area contributed by atoms with Crippen LogP contribution in [0.4, 0.5) is 5.82 Å². The Morgan fingerprint density at radius 1 is 1.11 bits per heavy atom. The van der Waals surface area contributed by atoms with E-state index < -0.39 is 0 Å². The fraction of sp³-hybridized carbons (Fsp3) is 0.200. The van der Waals surface area contributed by atoms with Crippen molar-refractivity contribution >= 4 is 11.7 Å². The fourth-order valence-electron chi connectivity index (χ4n) is 1.41. The van der Waals surface area contributed by atoms with Crippen LogP contribution in [0.5, 0.6) is 11.5 Å². The Hall–Kier alpha value is -2.36. The molecule has 0 aliphatic heterocycles. The van der Waals surface area contributed by atoms with Crippen molar-refractivity contribution in [2.75, 3.05) is 5.32 Å². The molecule has 0 fully saturated rings. The molecule has 0 spiro atoms. The van der Waals surface area contributed by atoms with Crippen molar-refractivity contribution in [3.05, 3.63) is 48.7 Å². The summed E-state index contributed by atoms with van der Waals surface area (Å²) in [6.07, 6.45) is 1.59. The molecular formula is C15H16N2O2. The molecule has 19 heavy (non-hydrogen) atoms. The zero-order valence-corrected chi connectivity index (χ0v) is 11.0. The van der Waals surface area contributed by atoms with Crippen LogP contribution < -0.4 is 10.1 Å². The van der Waals surface area contributed by atoms with Gasteiger partial charge in [0.05, 0.1) is 6.20 Å². The highest BCUT2D eigenvalue weighted by molar-refractivity contribution is 5.91. The molecule has 1 aromatic carbocycles. The second kappa shape index (κ2) is 6.00. The minimum atomic E-state index is -0.0676. The number of hydrogen-bond acceptors (Lipinski definition) is 3. The van der Waals surface area contributed by atoms with E-state index in [0.717, 1.165) is 5.75 Å². The molecule has 0 saturated heterocycles. The molecule has 2 aromatic rings. The third kappa shape index (κ3) is 3.81. The molecule has 0 unspecified atom stereocenters. The molecule has 1 amide bonds. The second-order valence-corrected chi connectivity index (χ2v) is 4.44. The van der Waals surface area contributed by atoms with Gasteiger partial charge >= 0.3 is 0 Å². The molecule has 1 N–H and O–H groups in total. The summed E-state index contributed by atoms with van der Waals surface area (Å²) in [5, 5.41) is 2.73. The number of nitrogens with one attached hydrogen (secondary N) is 1. The van der Waals surface area contributed by atoms with E-state index in [2.05, 4.69) is 10.3 Å². The van der Waals surface area contributed by atoms with Gasteiger partial charge in [-0.3, -0.25) is 4.79 Å². The maximum absolute atomic E-state index is 11.5. The number of para-hydroxylation sites is 1. The van der Waals surface area contributed by atoms with Gasteiger partial charge in [0, 0.05) is 5.92 Å². The van der Waals surface area contributed by atoms with Gasteiger partial charge in [-0.1, -0.05) is 32.0 Å². The lowest BCUT2D eigenvalue weighted by Gasteiger charge is -2.08. The van der Waals surface area contributed by atoms with Crippen molar-refractivity contribution in [3.8, 4) is 11.5 Å². The summed E-state index contributed by atoms with van der Waals surface area (Å²) in [5.41, 5.74) is 0. The topological polar surface area (TPSA) is 51.2 Å². The average Bonchev–Trinajstić information content (AvgIpc) is 2.42. The van der Waals surface area contributed by atoms with Gasteiger partial charge in [-0.25, -0.2) is 4.98 Å². The molecule has 2 rings (SSSR count). The first-order valence-corrected chi connectivity index (χ1v) is 6.15. The zero-order chi connectivity index (χ0) is 13.7. The smallest absolute Gasteiger partial charge is 0.228 e. The van der Waals surface area contributed by atoms with Crippen LogP contribution in [0, 0.1) is 5.92 Å². The number of hydrogen-bond donors (Lipinski definition) is 1. The lowest BCUT2D eigenvalue weighted by molar-refractivity contribution is -0.118. The Kier molecular flexibility index (Phi) is 4.13. The Balaban J connectivity index is 2.01. The van der Waals surface area contributed by atoms with Gasteiger partial charge in [-0.2, -0.15) is 0 Å². The first-order valence-electron chi connectivity index (χ1n) is 6.15. The van der Waals surface area contributed by atoms with Gasteiger partial charge < -0.3 is 10.1 Å². The van der Waals surface area contributed by atoms with E-state index in [9.17, 15) is 4.79 Å². The van der Waals surface area contributed by atoms with Crippen molar-refractivity contribution in [1.82, 2.24) is 4.98 Å². The SMILES string of the molecule is CC(C)C(=O)Nc1ccc(Oc2ccccc2)cn1. The van der Waals surface area contributed by atoms with Gasteiger partial charge in [-0.05, 0) is 24.3 Å². The van der Waals surface area contributed by atoms with E-state index in [1.807, 2.05) is 44.2 Å². The van der Waals surface area contributed by atoms with Crippen LogP contribution in [-0.4, -0.2) is 10.9 Å². The van der Waals surface area contributed by atoms with Crippen molar-refractivity contribution in [3.63, 3.8) is 0 Å². The van der Waals surface area contributed by atoms with Gasteiger partial charge in [0.15, 0.2) is 0 Å². The number of aromatic nitrogens is 1. The number of carbonyl (C=O) groups excluding carboxylic acids is 1. The number of ether oxygens (including phenoxy) is 1. The number of nitrogens with zero attached hydrogens (tertiary/aromatic N) is 1. The number of pyridine rings is 1. The first-order chi connectivity index (χ1) is 9.15. The van der Waals surface area contributed by atoms with Crippen LogP contribution in [0.1, 0.15) is 13.8 Å². The highest BCUT2D eigenvalue weighted by atomic mass is 16.5. The predicted molar refractivity (Wildman–Crippen MR) is 74.2 cm³/mol. The van der Waals surface area contributed by atoms with Gasteiger partial charge in [-0.15, -0.1) is 0 Å². The maximum atomic E-state index is 11.5. The van der Waals surface area contributed by atoms with Crippen LogP contribution in [0.15, 0.2) is 48.7 Å². The van der Waals surface area contributed by atoms with E-state index in [4.69, 9.17) is 4.74 Å². The van der Waals surface area contributed by atoms with Gasteiger partial charge in [0.1, 0.15) is 17.3 Å². The summed E-state index contributed by atoms with van der Waals surface area (Å²) >= 11 is 0. The third-order valence-electron chi connectivity index (χ3n) is 2.49. The number of anilines is 1. The van der Waals surface area contributed by atoms with Crippen molar-refractivity contribution in [2.45, 2.75) is 13.8 Å². The summed E-state index contributed by atoms with van der Waals surface area (Å²) < 4.78 is 5.61. The molecular weight excluding hydrogens is 240 g/mol. The Morgan fingerprint density at radius 2 is 1.84 bits per heavy atom. The molecule has 0 bridgehead atoms. The van der Waals surface area contributed by atoms with Crippen LogP contribution in [0.2, 0.25) is 0 Å². The Labute approximate surface area is 112 Å². The van der Waals surface area contributed by atoms with Crippen molar-refractivity contribution in [2.24, 2.45) is 5.92 Å². The zero-order valence-electron chi connectivity index (χ0n) is 11.0. The lowest BCUT2D eigenvalue weighted by Crippen LogP contribution is -2.18. The molecule has 1 aromatic heterocycles. The second-order valence-electron chi connectivity index (χ2n) is 4.44. The summed E-state index contributed by atoms with van der Waals surface area (Å²) in [6, 6.07) is 13.0. The minimum absolute atomic E-state index is 0.0516. The van der Waals surface area contributed by atoms with E-state index in [-0.39, 0.29) is 11.8 Å². The van der Waals surface area contributed by atoms with Crippen LogP contribution in [0.3, 0.4) is 0 Å². The Morgan fingerprint density at radius 3 is 2.42 bits per heavy atom. The molecule has 98 valence electrons. The molecule has 0 aliphatic rings. The van der Waals surface area contributed by atoms with E-state index in [0.29, 0.717) is 11.6 Å². The van der Waals surface area contributed by atoms with Crippen molar-refractivity contribution in [1.29, 1.82) is 0 Å². The summed E-state index contributed by atoms with van der Waals surface area (Å²) in [5.74, 6) is 1.79. The highest BCUT2D eigenvalue weighted by Gasteiger charge is 2.07. The molecule has 4 nitrogen and oxygen atoms in total. The van der Waals surface area contributed by atoms with E-state index in [1.54, 1.807) is 18.3 Å². The maximum Gasteiger partial charge on any atom is 0.228 e. The van der Waals surface area contributed by atoms with E-state index >= 15 is 0 Å². The van der Waals surface area contributed by atoms with Gasteiger partial charge in [0.2, 0.25) is 5.91 Å². The molecule has 4 heteroatoms. The van der Waals surface area contributed by atoms with Crippen LogP contribution in [0.25, 0.3) is 0 Å². The predicted octanol–water partition coefficient (Wildman–Crippen LogP) is 3.47. The highest BCUT2D eigenvalue weighted by Crippen LogP contribution is 2.20. The fourth-order valence-corrected chi connectivity index (χ4v) is 1.41. The molecule has 1 heterocycles. The Bertz CT molecular complexity index is 536. The first kappa shape index (κ1) is 13.1. The standard InChI is InChI=1S/C15H16N2O2/c1-11(2)15(18)17-14-9-8-13(10-16-14)19-12-6-4-3-5-7-12/h3-11H,1-2H3,(H,16,17,18). The summed E-state index contributed by atoms with van der Waals surface area (Å²) in [4.78, 5) is 15.6. The van der Waals surface area contributed by atoms with E-state index in [1.165, 1.54) is 0 Å². The van der Waals surface area contributed by atoms with Crippen LogP contribution in [-0.2, 0) is 4.79 Å². The average molecular weight is 256 g/mol. The summed E-state index contributed by atoms with van der Waals surface area (Å²) in [6.45, 7) is 3.67. The molecule has 0 aliphatic carbocycles. The number of carbonyl (C=O) groups is 1. The minimum Gasteiger partial charge on any atom is -0.456 e. The largest absolute Gasteiger partial charge is 0.456 e. The van der Waals surface area contributed by atoms with Crippen molar-refractivity contribution < 1.29 is 9.53 Å². The molecule has 0 atom stereocenters. The van der Waals surface area contributed by atoms with Gasteiger partial charge in [0.25, 0.3) is 0 Å². The number of rotatable bonds is 4. The molecule has 0 radical (unpaired) electrons. The number of benzene rings is 1. The summed E-state index contributed by atoms with van der Waals surface area (Å²) in [7, 11) is 0. The normalized spacial score (nSPS) is 10.3. The quantitative estimate of drug-likeness (QED) is 0.911. The monoisotopic (exact) mass is 256 g/mol. The number of amides is 1.